The highest BCUT2D eigenvalue weighted by Crippen LogP contribution is 2.31. The minimum atomic E-state index is 0.762. The van der Waals surface area contributed by atoms with Crippen molar-refractivity contribution in [1.82, 2.24) is 9.97 Å². The van der Waals surface area contributed by atoms with Crippen LogP contribution in [0.3, 0.4) is 0 Å². The van der Waals surface area contributed by atoms with Gasteiger partial charge in [0, 0.05) is 11.8 Å². The van der Waals surface area contributed by atoms with Gasteiger partial charge in [0.2, 0.25) is 0 Å². The van der Waals surface area contributed by atoms with E-state index in [2.05, 4.69) is 48.9 Å². The Labute approximate surface area is 178 Å². The van der Waals surface area contributed by atoms with E-state index in [-0.39, 0.29) is 0 Å². The molecule has 160 valence electrons. The Morgan fingerprint density at radius 2 is 1.66 bits per heavy atom. The number of ether oxygens (including phenoxy) is 1. The monoisotopic (exact) mass is 396 g/mol. The molecule has 3 nitrogen and oxygen atoms in total. The van der Waals surface area contributed by atoms with Crippen molar-refractivity contribution in [2.24, 2.45) is 5.92 Å². The predicted molar refractivity (Wildman–Crippen MR) is 123 cm³/mol. The normalized spacial score (nSPS) is 11.2. The van der Waals surface area contributed by atoms with E-state index in [0.717, 1.165) is 42.4 Å². The molecule has 0 bridgehead atoms. The molecule has 2 aromatic rings. The summed E-state index contributed by atoms with van der Waals surface area (Å²) in [6.07, 6.45) is 17.5. The molecule has 1 heterocycles. The number of hydrogen-bond donors (Lipinski definition) is 0. The number of nitrogens with zero attached hydrogens (tertiary/aromatic N) is 2. The molecule has 0 aliphatic carbocycles. The van der Waals surface area contributed by atoms with Gasteiger partial charge in [0.25, 0.3) is 0 Å². The minimum Gasteiger partial charge on any atom is -0.493 e. The van der Waals surface area contributed by atoms with Gasteiger partial charge in [-0.05, 0) is 49.3 Å². The molecule has 0 radical (unpaired) electrons. The molecular formula is C26H40N2O. The summed E-state index contributed by atoms with van der Waals surface area (Å²) < 4.78 is 6.15. The third-order valence-corrected chi connectivity index (χ3v) is 5.41. The van der Waals surface area contributed by atoms with Gasteiger partial charge in [0.15, 0.2) is 0 Å². The van der Waals surface area contributed by atoms with Gasteiger partial charge in [-0.2, -0.15) is 0 Å². The van der Waals surface area contributed by atoms with Crippen LogP contribution in [0.1, 0.15) is 90.5 Å². The summed E-state index contributed by atoms with van der Waals surface area (Å²) in [7, 11) is 0. The van der Waals surface area contributed by atoms with E-state index < -0.39 is 0 Å². The zero-order valence-electron chi connectivity index (χ0n) is 18.8. The second-order valence-electron chi connectivity index (χ2n) is 8.50. The van der Waals surface area contributed by atoms with Gasteiger partial charge >= 0.3 is 0 Å². The van der Waals surface area contributed by atoms with E-state index >= 15 is 0 Å². The summed E-state index contributed by atoms with van der Waals surface area (Å²) in [6.45, 7) is 7.59. The summed E-state index contributed by atoms with van der Waals surface area (Å²) >= 11 is 0. The number of benzene rings is 1. The van der Waals surface area contributed by atoms with E-state index in [0.29, 0.717) is 0 Å². The number of unbranched alkanes of at least 4 members (excludes halogenated alkanes) is 7. The largest absolute Gasteiger partial charge is 0.493 e. The molecule has 0 saturated heterocycles. The third-order valence-electron chi connectivity index (χ3n) is 5.41. The topological polar surface area (TPSA) is 35.0 Å². The molecular weight excluding hydrogens is 356 g/mol. The van der Waals surface area contributed by atoms with Crippen molar-refractivity contribution >= 4 is 0 Å². The zero-order chi connectivity index (χ0) is 20.7. The van der Waals surface area contributed by atoms with Crippen LogP contribution in [0.5, 0.6) is 5.75 Å². The lowest BCUT2D eigenvalue weighted by Gasteiger charge is -2.14. The Morgan fingerprint density at radius 3 is 2.45 bits per heavy atom. The van der Waals surface area contributed by atoms with Crippen molar-refractivity contribution in [3.63, 3.8) is 0 Å². The SMILES string of the molecule is CCCCCCCCCc1cncnc1-c1ccccc1OCCCCC(C)C. The quantitative estimate of drug-likeness (QED) is 0.290. The minimum absolute atomic E-state index is 0.762. The predicted octanol–water partition coefficient (Wildman–Crippen LogP) is 7.64. The summed E-state index contributed by atoms with van der Waals surface area (Å²) in [5, 5.41) is 0. The van der Waals surface area contributed by atoms with E-state index in [9.17, 15) is 0 Å². The molecule has 0 fully saturated rings. The molecule has 29 heavy (non-hydrogen) atoms. The fraction of sp³-hybridized carbons (Fsp3) is 0.615. The highest BCUT2D eigenvalue weighted by Gasteiger charge is 2.12. The standard InChI is InChI=1S/C26H40N2O/c1-4-5-6-7-8-9-10-16-23-20-27-21-28-26(23)24-17-11-12-18-25(24)29-19-14-13-15-22(2)3/h11-12,17-18,20-22H,4-10,13-16,19H2,1-3H3. The fourth-order valence-electron chi connectivity index (χ4n) is 3.68. The Bertz CT molecular complexity index is 684. The first-order chi connectivity index (χ1) is 14.2. The van der Waals surface area contributed by atoms with E-state index in [1.165, 1.54) is 63.4 Å². The Balaban J connectivity index is 1.92. The molecule has 0 spiro atoms. The van der Waals surface area contributed by atoms with Crippen LogP contribution in [0.15, 0.2) is 36.8 Å². The first-order valence-corrected chi connectivity index (χ1v) is 11.7. The second-order valence-corrected chi connectivity index (χ2v) is 8.50. The van der Waals surface area contributed by atoms with Crippen molar-refractivity contribution < 1.29 is 4.74 Å². The van der Waals surface area contributed by atoms with Crippen LogP contribution in [0.4, 0.5) is 0 Å². The van der Waals surface area contributed by atoms with Crippen LogP contribution < -0.4 is 4.74 Å². The lowest BCUT2D eigenvalue weighted by atomic mass is 10.0. The highest BCUT2D eigenvalue weighted by molar-refractivity contribution is 5.69. The molecule has 0 N–H and O–H groups in total. The number of rotatable bonds is 15. The number of aromatic nitrogens is 2. The number of aryl methyl sites for hydroxylation is 1. The smallest absolute Gasteiger partial charge is 0.128 e. The van der Waals surface area contributed by atoms with Crippen LogP contribution in [0.2, 0.25) is 0 Å². The van der Waals surface area contributed by atoms with Crippen molar-refractivity contribution in [3.05, 3.63) is 42.4 Å². The van der Waals surface area contributed by atoms with Crippen molar-refractivity contribution in [2.75, 3.05) is 6.61 Å². The zero-order valence-corrected chi connectivity index (χ0v) is 18.8. The summed E-state index contributed by atoms with van der Waals surface area (Å²) in [5.74, 6) is 1.70. The maximum atomic E-state index is 6.15. The molecule has 0 aliphatic heterocycles. The Kier molecular flexibility index (Phi) is 11.4. The van der Waals surface area contributed by atoms with Crippen LogP contribution in [0, 0.1) is 5.92 Å². The molecule has 0 aliphatic rings. The first kappa shape index (κ1) is 23.4. The van der Waals surface area contributed by atoms with Crippen LogP contribution in [0.25, 0.3) is 11.3 Å². The molecule has 0 saturated carbocycles. The molecule has 0 amide bonds. The van der Waals surface area contributed by atoms with Gasteiger partial charge in [-0.15, -0.1) is 0 Å². The van der Waals surface area contributed by atoms with Gasteiger partial charge in [-0.3, -0.25) is 0 Å². The summed E-state index contributed by atoms with van der Waals surface area (Å²) in [5.41, 5.74) is 3.36. The molecule has 1 aromatic heterocycles. The fourth-order valence-corrected chi connectivity index (χ4v) is 3.68. The van der Waals surface area contributed by atoms with Crippen LogP contribution in [-0.4, -0.2) is 16.6 Å². The van der Waals surface area contributed by atoms with Crippen LogP contribution in [-0.2, 0) is 6.42 Å². The molecule has 3 heteroatoms. The van der Waals surface area contributed by atoms with E-state index in [1.807, 2.05) is 12.3 Å². The average Bonchev–Trinajstić information content (AvgIpc) is 2.73. The first-order valence-electron chi connectivity index (χ1n) is 11.7. The van der Waals surface area contributed by atoms with Gasteiger partial charge in [-0.25, -0.2) is 9.97 Å². The van der Waals surface area contributed by atoms with Gasteiger partial charge < -0.3 is 4.74 Å². The van der Waals surface area contributed by atoms with E-state index in [1.54, 1.807) is 6.33 Å². The number of para-hydroxylation sites is 1. The molecule has 2 rings (SSSR count). The van der Waals surface area contributed by atoms with Gasteiger partial charge in [0.1, 0.15) is 12.1 Å². The maximum absolute atomic E-state index is 6.15. The molecule has 0 atom stereocenters. The third kappa shape index (κ3) is 8.97. The lowest BCUT2D eigenvalue weighted by Crippen LogP contribution is -2.02. The van der Waals surface area contributed by atoms with Gasteiger partial charge in [0.05, 0.1) is 12.3 Å². The second kappa shape index (κ2) is 14.1. The summed E-state index contributed by atoms with van der Waals surface area (Å²) in [4.78, 5) is 8.92. The van der Waals surface area contributed by atoms with Gasteiger partial charge in [-0.1, -0.05) is 77.8 Å². The van der Waals surface area contributed by atoms with E-state index in [4.69, 9.17) is 4.74 Å². The van der Waals surface area contributed by atoms with Crippen LogP contribution >= 0.6 is 0 Å². The highest BCUT2D eigenvalue weighted by atomic mass is 16.5. The molecule has 0 unspecified atom stereocenters. The average molecular weight is 397 g/mol. The van der Waals surface area contributed by atoms with Crippen molar-refractivity contribution in [2.45, 2.75) is 91.4 Å². The Hall–Kier alpha value is -1.90. The maximum Gasteiger partial charge on any atom is 0.128 e. The van der Waals surface area contributed by atoms with Crippen molar-refractivity contribution in [3.8, 4) is 17.0 Å². The summed E-state index contributed by atoms with van der Waals surface area (Å²) in [6, 6.07) is 8.31. The van der Waals surface area contributed by atoms with Crippen molar-refractivity contribution in [1.29, 1.82) is 0 Å². The number of hydrogen-bond acceptors (Lipinski definition) is 3. The Morgan fingerprint density at radius 1 is 0.897 bits per heavy atom. The molecule has 1 aromatic carbocycles. The lowest BCUT2D eigenvalue weighted by molar-refractivity contribution is 0.302.